The Hall–Kier alpha value is -3.68. The van der Waals surface area contributed by atoms with Gasteiger partial charge in [-0.1, -0.05) is 18.2 Å². The second-order valence-electron chi connectivity index (χ2n) is 15.2. The Morgan fingerprint density at radius 2 is 1.90 bits per heavy atom. The predicted molar refractivity (Wildman–Crippen MR) is 182 cm³/mol. The van der Waals surface area contributed by atoms with Gasteiger partial charge in [-0.15, -0.1) is 0 Å². The number of nitrogens with one attached hydrogen (secondary N) is 1. The van der Waals surface area contributed by atoms with Crippen LogP contribution in [0.1, 0.15) is 56.2 Å². The van der Waals surface area contributed by atoms with Crippen molar-refractivity contribution in [3.8, 4) is 17.3 Å². The maximum absolute atomic E-state index is 17.4. The largest absolute Gasteiger partial charge is 0.461 e. The highest BCUT2D eigenvalue weighted by molar-refractivity contribution is 6.00. The number of aryl methyl sites for hydroxylation is 2. The van der Waals surface area contributed by atoms with Crippen molar-refractivity contribution < 1.29 is 36.0 Å². The number of ether oxygens (including phenoxy) is 2. The third-order valence-corrected chi connectivity index (χ3v) is 12.4. The van der Waals surface area contributed by atoms with E-state index in [4.69, 9.17) is 19.4 Å². The average molecular weight is 710 g/mol. The van der Waals surface area contributed by atoms with Gasteiger partial charge in [0.05, 0.1) is 17.7 Å². The summed E-state index contributed by atoms with van der Waals surface area (Å²) < 4.78 is 84.3. The Bertz CT molecular complexity index is 2040. The number of piperazine rings is 1. The molecule has 2 aromatic heterocycles. The van der Waals surface area contributed by atoms with Crippen molar-refractivity contribution in [1.82, 2.24) is 20.2 Å². The standard InChI is InChI=1S/C38H42F5N6O2/c1-21-26(39)9-7-22-5-3-6-25(30(21)22)34-32(40)33-31-29(47(34)2)12-11-28-27-10-8-23(44-27)17-48(28)35(31)46-36(45-33)51-19-37-14-4-16-49(37)24(13-15-37)18-50-20-38(41,42)43/h3,5-7,9,23-24,27-28,44H,4,8,10-20H2,1-2H3/q+1/t23-,24+,27+,28-,37+/m1/s1. The molecule has 0 spiro atoms. The van der Waals surface area contributed by atoms with Crippen LogP contribution in [-0.4, -0.2) is 83.7 Å². The number of rotatable bonds is 7. The summed E-state index contributed by atoms with van der Waals surface area (Å²) in [5, 5.41) is 5.95. The highest BCUT2D eigenvalue weighted by Crippen LogP contribution is 2.45. The van der Waals surface area contributed by atoms with Crippen molar-refractivity contribution in [2.45, 2.75) is 94.2 Å². The lowest BCUT2D eigenvalue weighted by atomic mass is 9.95. The zero-order chi connectivity index (χ0) is 35.2. The number of anilines is 1. The van der Waals surface area contributed by atoms with E-state index in [2.05, 4.69) is 15.1 Å². The summed E-state index contributed by atoms with van der Waals surface area (Å²) in [6.07, 6.45) is 2.52. The Kier molecular flexibility index (Phi) is 7.93. The summed E-state index contributed by atoms with van der Waals surface area (Å²) in [6.45, 7) is 2.22. The highest BCUT2D eigenvalue weighted by Gasteiger charge is 2.50. The maximum atomic E-state index is 17.4. The average Bonchev–Trinajstić information content (AvgIpc) is 3.76. The fourth-order valence-corrected chi connectivity index (χ4v) is 10.1. The first-order chi connectivity index (χ1) is 24.5. The van der Waals surface area contributed by atoms with Crippen LogP contribution in [0, 0.1) is 18.6 Å². The monoisotopic (exact) mass is 709 g/mol. The van der Waals surface area contributed by atoms with Gasteiger partial charge in [-0.05, 0) is 81.5 Å². The van der Waals surface area contributed by atoms with Gasteiger partial charge in [0.2, 0.25) is 5.82 Å². The van der Waals surface area contributed by atoms with E-state index in [1.165, 1.54) is 6.07 Å². The van der Waals surface area contributed by atoms with Gasteiger partial charge in [0.25, 0.3) is 5.69 Å². The Balaban J connectivity index is 1.14. The van der Waals surface area contributed by atoms with E-state index in [0.29, 0.717) is 58.3 Å². The van der Waals surface area contributed by atoms with Crippen LogP contribution in [0.5, 0.6) is 6.01 Å². The predicted octanol–water partition coefficient (Wildman–Crippen LogP) is 6.07. The molecule has 5 aliphatic heterocycles. The second-order valence-corrected chi connectivity index (χ2v) is 15.2. The molecule has 1 N–H and O–H groups in total. The smallest absolute Gasteiger partial charge is 0.411 e. The molecule has 51 heavy (non-hydrogen) atoms. The summed E-state index contributed by atoms with van der Waals surface area (Å²) in [6, 6.07) is 9.53. The van der Waals surface area contributed by atoms with E-state index >= 15 is 4.39 Å². The van der Waals surface area contributed by atoms with Crippen molar-refractivity contribution in [3.05, 3.63) is 53.2 Å². The second kappa shape index (κ2) is 12.2. The number of aromatic nitrogens is 3. The van der Waals surface area contributed by atoms with Crippen molar-refractivity contribution in [2.24, 2.45) is 7.05 Å². The zero-order valence-corrected chi connectivity index (χ0v) is 28.8. The van der Waals surface area contributed by atoms with Crippen LogP contribution < -0.4 is 19.5 Å². The van der Waals surface area contributed by atoms with Crippen molar-refractivity contribution >= 4 is 27.5 Å². The minimum atomic E-state index is -4.37. The SMILES string of the molecule is Cc1c(F)ccc2cccc(-c3c(F)c4nc(OC[C@@]56CCCN5[C@H](COCC(F)(F)F)CC6)nc5c4c([n+]3C)CC[C@@H]3[C@@H]4CC[C@H](CN53)N4)c12. The summed E-state index contributed by atoms with van der Waals surface area (Å²) in [5.74, 6) is -0.184. The van der Waals surface area contributed by atoms with Crippen molar-refractivity contribution in [1.29, 1.82) is 0 Å². The van der Waals surface area contributed by atoms with Crippen LogP contribution in [-0.2, 0) is 18.2 Å². The molecule has 4 fully saturated rings. The molecule has 0 amide bonds. The number of hydrogen-bond acceptors (Lipinski definition) is 7. The van der Waals surface area contributed by atoms with Crippen LogP contribution in [0.3, 0.4) is 0 Å². The third kappa shape index (κ3) is 5.44. The topological polar surface area (TPSA) is 66.6 Å². The Morgan fingerprint density at radius 1 is 1.04 bits per heavy atom. The molecule has 0 saturated carbocycles. The maximum Gasteiger partial charge on any atom is 0.411 e. The molecule has 5 atom stereocenters. The van der Waals surface area contributed by atoms with Gasteiger partial charge in [-0.25, -0.2) is 4.39 Å². The molecule has 2 aromatic carbocycles. The Morgan fingerprint density at radius 3 is 2.75 bits per heavy atom. The first-order valence-corrected chi connectivity index (χ1v) is 18.2. The molecule has 9 rings (SSSR count). The molecule has 270 valence electrons. The molecule has 4 saturated heterocycles. The molecule has 4 aromatic rings. The fraction of sp³-hybridized carbons (Fsp3) is 0.553. The normalized spacial score (nSPS) is 27.3. The minimum absolute atomic E-state index is 0.00985. The first-order valence-electron chi connectivity index (χ1n) is 18.2. The van der Waals surface area contributed by atoms with E-state index in [0.717, 1.165) is 62.7 Å². The number of fused-ring (bicyclic) bond motifs is 7. The summed E-state index contributed by atoms with van der Waals surface area (Å²) in [4.78, 5) is 14.5. The van der Waals surface area contributed by atoms with Crippen LogP contribution in [0.25, 0.3) is 32.9 Å². The molecular weight excluding hydrogens is 667 g/mol. The van der Waals surface area contributed by atoms with E-state index in [1.54, 1.807) is 13.0 Å². The summed E-state index contributed by atoms with van der Waals surface area (Å²) in [5.41, 5.74) is 2.12. The van der Waals surface area contributed by atoms with Crippen molar-refractivity contribution in [2.75, 3.05) is 37.8 Å². The molecule has 7 heterocycles. The van der Waals surface area contributed by atoms with Crippen LogP contribution in [0.2, 0.25) is 0 Å². The van der Waals surface area contributed by atoms with Gasteiger partial charge < -0.3 is 19.7 Å². The number of halogens is 5. The van der Waals surface area contributed by atoms with Gasteiger partial charge in [0.1, 0.15) is 37.0 Å². The highest BCUT2D eigenvalue weighted by atomic mass is 19.4. The van der Waals surface area contributed by atoms with E-state index < -0.39 is 18.6 Å². The minimum Gasteiger partial charge on any atom is -0.461 e. The Labute approximate surface area is 292 Å². The number of hydrogen-bond donors (Lipinski definition) is 1. The molecule has 0 unspecified atom stereocenters. The fourth-order valence-electron chi connectivity index (χ4n) is 10.1. The van der Waals surface area contributed by atoms with E-state index in [1.807, 2.05) is 29.8 Å². The van der Waals surface area contributed by atoms with Crippen LogP contribution in [0.4, 0.5) is 27.8 Å². The molecular formula is C38H42F5N6O2+. The summed E-state index contributed by atoms with van der Waals surface area (Å²) >= 11 is 0. The lowest BCUT2D eigenvalue weighted by Crippen LogP contribution is -2.58. The number of alkyl halides is 3. The van der Waals surface area contributed by atoms with Gasteiger partial charge >= 0.3 is 12.2 Å². The lowest BCUT2D eigenvalue weighted by Gasteiger charge is -2.41. The molecule has 0 radical (unpaired) electrons. The number of pyridine rings is 1. The van der Waals surface area contributed by atoms with Crippen LogP contribution in [0.15, 0.2) is 30.3 Å². The van der Waals surface area contributed by atoms with Gasteiger partial charge in [0, 0.05) is 42.5 Å². The molecule has 5 aliphatic rings. The van der Waals surface area contributed by atoms with Gasteiger partial charge in [0.15, 0.2) is 11.5 Å². The lowest BCUT2D eigenvalue weighted by molar-refractivity contribution is -0.667. The van der Waals surface area contributed by atoms with Gasteiger partial charge in [-0.3, -0.25) is 4.90 Å². The third-order valence-electron chi connectivity index (χ3n) is 12.4. The number of nitrogens with zero attached hydrogens (tertiary/aromatic N) is 5. The molecule has 8 nitrogen and oxygen atoms in total. The number of benzene rings is 2. The van der Waals surface area contributed by atoms with Crippen molar-refractivity contribution in [3.63, 3.8) is 0 Å². The van der Waals surface area contributed by atoms with Gasteiger partial charge in [-0.2, -0.15) is 32.1 Å². The van der Waals surface area contributed by atoms with E-state index in [9.17, 15) is 17.6 Å². The van der Waals surface area contributed by atoms with Crippen LogP contribution >= 0.6 is 0 Å². The first kappa shape index (κ1) is 33.2. The van der Waals surface area contributed by atoms with E-state index in [-0.39, 0.29) is 48.2 Å². The molecule has 13 heteroatoms. The zero-order valence-electron chi connectivity index (χ0n) is 28.8. The summed E-state index contributed by atoms with van der Waals surface area (Å²) in [7, 11) is 1.88. The molecule has 0 aliphatic carbocycles. The quantitative estimate of drug-likeness (QED) is 0.185. The molecule has 2 bridgehead atoms.